The van der Waals surface area contributed by atoms with Gasteiger partial charge in [0.25, 0.3) is 10.0 Å². The first-order chi connectivity index (χ1) is 8.18. The van der Waals surface area contributed by atoms with Crippen molar-refractivity contribution in [3.05, 3.63) is 17.8 Å². The lowest BCUT2D eigenvalue weighted by molar-refractivity contribution is -0.139. The first kappa shape index (κ1) is 13.1. The summed E-state index contributed by atoms with van der Waals surface area (Å²) in [7, 11) is -4.28. The molecule has 100 valence electrons. The number of aromatic nitrogens is 1. The van der Waals surface area contributed by atoms with Gasteiger partial charge in [0.1, 0.15) is 11.3 Å². The minimum atomic E-state index is -4.73. The maximum absolute atomic E-state index is 12.7. The van der Waals surface area contributed by atoms with Gasteiger partial charge < -0.3 is 4.74 Å². The molecule has 2 N–H and O–H groups in total. The molecule has 1 saturated carbocycles. The summed E-state index contributed by atoms with van der Waals surface area (Å²) in [4.78, 5) is 3.37. The fourth-order valence-corrected chi connectivity index (χ4v) is 1.74. The molecule has 1 aromatic rings. The molecular weight excluding hydrogens is 273 g/mol. The van der Waals surface area contributed by atoms with E-state index in [1.165, 1.54) is 0 Å². The second-order valence-corrected chi connectivity index (χ2v) is 5.39. The van der Waals surface area contributed by atoms with Crippen LogP contribution in [0.5, 0.6) is 5.75 Å². The van der Waals surface area contributed by atoms with Crippen molar-refractivity contribution in [2.75, 3.05) is 0 Å². The first-order valence-electron chi connectivity index (χ1n) is 4.94. The maximum Gasteiger partial charge on any atom is 0.420 e. The zero-order valence-electron chi connectivity index (χ0n) is 8.94. The molecule has 0 unspecified atom stereocenters. The minimum Gasteiger partial charge on any atom is -0.488 e. The Bertz CT molecular complexity index is 567. The van der Waals surface area contributed by atoms with Crippen molar-refractivity contribution in [1.82, 2.24) is 4.98 Å². The van der Waals surface area contributed by atoms with Gasteiger partial charge in [-0.1, -0.05) is 0 Å². The van der Waals surface area contributed by atoms with Gasteiger partial charge >= 0.3 is 6.18 Å². The van der Waals surface area contributed by atoms with E-state index in [4.69, 9.17) is 9.88 Å². The van der Waals surface area contributed by atoms with Crippen molar-refractivity contribution in [2.45, 2.75) is 30.1 Å². The first-order valence-corrected chi connectivity index (χ1v) is 6.49. The molecule has 0 bridgehead atoms. The number of hydrogen-bond acceptors (Lipinski definition) is 4. The molecule has 1 fully saturated rings. The molecule has 0 aromatic carbocycles. The summed E-state index contributed by atoms with van der Waals surface area (Å²) in [5.41, 5.74) is -1.19. The quantitative estimate of drug-likeness (QED) is 0.905. The van der Waals surface area contributed by atoms with E-state index in [0.29, 0.717) is 18.9 Å². The Kier molecular flexibility index (Phi) is 2.98. The zero-order valence-corrected chi connectivity index (χ0v) is 9.75. The van der Waals surface area contributed by atoms with Gasteiger partial charge in [-0.2, -0.15) is 13.2 Å². The van der Waals surface area contributed by atoms with Crippen LogP contribution >= 0.6 is 0 Å². The van der Waals surface area contributed by atoms with Crippen LogP contribution in [0.15, 0.2) is 17.3 Å². The van der Waals surface area contributed by atoms with Crippen LogP contribution in [0.1, 0.15) is 18.4 Å². The summed E-state index contributed by atoms with van der Waals surface area (Å²) in [5, 5.41) is 3.90. The second kappa shape index (κ2) is 4.09. The molecule has 0 atom stereocenters. The molecule has 0 radical (unpaired) electrons. The molecule has 0 aliphatic heterocycles. The third-order valence-corrected chi connectivity index (χ3v) is 3.06. The van der Waals surface area contributed by atoms with Gasteiger partial charge in [0, 0.05) is 0 Å². The second-order valence-electron chi connectivity index (χ2n) is 3.88. The summed E-state index contributed by atoms with van der Waals surface area (Å²) < 4.78 is 65.2. The van der Waals surface area contributed by atoms with E-state index in [2.05, 4.69) is 4.98 Å². The van der Waals surface area contributed by atoms with Crippen LogP contribution in [-0.4, -0.2) is 19.5 Å². The standard InChI is InChI=1S/C9H9F3N2O3S/c10-9(11,12)6-3-8(18(13,15)16)14-4-7(6)17-5-1-2-5/h3-5H,1-2H2,(H2,13,15,16). The number of primary sulfonamides is 1. The summed E-state index contributed by atoms with van der Waals surface area (Å²) in [6, 6.07) is 0.382. The maximum atomic E-state index is 12.7. The van der Waals surface area contributed by atoms with Crippen molar-refractivity contribution in [3.63, 3.8) is 0 Å². The predicted octanol–water partition coefficient (Wildman–Crippen LogP) is 1.29. The Balaban J connectivity index is 2.47. The summed E-state index contributed by atoms with van der Waals surface area (Å²) >= 11 is 0. The van der Waals surface area contributed by atoms with Crippen LogP contribution in [0, 0.1) is 0 Å². The molecule has 0 amide bonds. The van der Waals surface area contributed by atoms with Crippen LogP contribution in [0.4, 0.5) is 13.2 Å². The number of sulfonamides is 1. The van der Waals surface area contributed by atoms with Gasteiger partial charge in [0.05, 0.1) is 12.3 Å². The van der Waals surface area contributed by atoms with Crippen molar-refractivity contribution in [1.29, 1.82) is 0 Å². The van der Waals surface area contributed by atoms with Gasteiger partial charge in [-0.15, -0.1) is 0 Å². The molecular formula is C9H9F3N2O3S. The van der Waals surface area contributed by atoms with Crippen LogP contribution in [0.3, 0.4) is 0 Å². The van der Waals surface area contributed by atoms with Crippen molar-refractivity contribution >= 4 is 10.0 Å². The Morgan fingerprint density at radius 1 is 1.39 bits per heavy atom. The van der Waals surface area contributed by atoms with Gasteiger partial charge in [0.15, 0.2) is 5.03 Å². The lowest BCUT2D eigenvalue weighted by Crippen LogP contribution is -2.17. The fraction of sp³-hybridized carbons (Fsp3) is 0.444. The third kappa shape index (κ3) is 2.91. The van der Waals surface area contributed by atoms with Gasteiger partial charge in [0.2, 0.25) is 0 Å². The van der Waals surface area contributed by atoms with Crippen LogP contribution in [-0.2, 0) is 16.2 Å². The Hall–Kier alpha value is -1.35. The molecule has 0 spiro atoms. The van der Waals surface area contributed by atoms with E-state index in [-0.39, 0.29) is 6.10 Å². The third-order valence-electron chi connectivity index (χ3n) is 2.26. The lowest BCUT2D eigenvalue weighted by atomic mass is 10.2. The Labute approximate surface area is 101 Å². The van der Waals surface area contributed by atoms with E-state index in [1.54, 1.807) is 0 Å². The molecule has 1 aromatic heterocycles. The zero-order chi connectivity index (χ0) is 13.6. The monoisotopic (exact) mass is 282 g/mol. The van der Waals surface area contributed by atoms with E-state index < -0.39 is 32.5 Å². The number of alkyl halides is 3. The molecule has 0 saturated heterocycles. The van der Waals surface area contributed by atoms with Crippen LogP contribution in [0.2, 0.25) is 0 Å². The number of ether oxygens (including phenoxy) is 1. The van der Waals surface area contributed by atoms with Crippen molar-refractivity contribution in [3.8, 4) is 5.75 Å². The lowest BCUT2D eigenvalue weighted by Gasteiger charge is -2.13. The largest absolute Gasteiger partial charge is 0.488 e. The number of rotatable bonds is 3. The SMILES string of the molecule is NS(=O)(=O)c1cc(C(F)(F)F)c(OC2CC2)cn1. The fourth-order valence-electron chi connectivity index (χ4n) is 1.26. The highest BCUT2D eigenvalue weighted by molar-refractivity contribution is 7.89. The van der Waals surface area contributed by atoms with E-state index in [1.807, 2.05) is 0 Å². The highest BCUT2D eigenvalue weighted by atomic mass is 32.2. The molecule has 1 heterocycles. The Morgan fingerprint density at radius 2 is 2.00 bits per heavy atom. The van der Waals surface area contributed by atoms with Gasteiger partial charge in [-0.3, -0.25) is 0 Å². The molecule has 5 nitrogen and oxygen atoms in total. The van der Waals surface area contributed by atoms with Crippen molar-refractivity contribution < 1.29 is 26.3 Å². The van der Waals surface area contributed by atoms with E-state index in [0.717, 1.165) is 6.20 Å². The summed E-state index contributed by atoms with van der Waals surface area (Å²) in [6.45, 7) is 0. The predicted molar refractivity (Wildman–Crippen MR) is 54.3 cm³/mol. The van der Waals surface area contributed by atoms with Gasteiger partial charge in [-0.05, 0) is 18.9 Å². The molecule has 1 aliphatic rings. The molecule has 2 rings (SSSR count). The summed E-state index contributed by atoms with van der Waals surface area (Å²) in [6.07, 6.45) is -2.90. The van der Waals surface area contributed by atoms with E-state index >= 15 is 0 Å². The molecule has 1 aliphatic carbocycles. The average Bonchev–Trinajstić information content (AvgIpc) is 2.98. The number of halogens is 3. The number of nitrogens with zero attached hydrogens (tertiary/aromatic N) is 1. The smallest absolute Gasteiger partial charge is 0.420 e. The highest BCUT2D eigenvalue weighted by Gasteiger charge is 2.37. The number of hydrogen-bond donors (Lipinski definition) is 1. The number of nitrogens with two attached hydrogens (primary N) is 1. The molecule has 9 heteroatoms. The van der Waals surface area contributed by atoms with E-state index in [9.17, 15) is 21.6 Å². The average molecular weight is 282 g/mol. The van der Waals surface area contributed by atoms with Gasteiger partial charge in [-0.25, -0.2) is 18.5 Å². The minimum absolute atomic E-state index is 0.256. The van der Waals surface area contributed by atoms with Crippen LogP contribution in [0.25, 0.3) is 0 Å². The summed E-state index contributed by atoms with van der Waals surface area (Å²) in [5.74, 6) is -0.475. The normalized spacial score (nSPS) is 16.7. The Morgan fingerprint density at radius 3 is 2.44 bits per heavy atom. The molecule has 18 heavy (non-hydrogen) atoms. The van der Waals surface area contributed by atoms with Crippen molar-refractivity contribution in [2.24, 2.45) is 5.14 Å². The topological polar surface area (TPSA) is 82.3 Å². The highest BCUT2D eigenvalue weighted by Crippen LogP contribution is 2.39. The van der Waals surface area contributed by atoms with Crippen LogP contribution < -0.4 is 9.88 Å². The number of pyridine rings is 1.